The van der Waals surface area contributed by atoms with Gasteiger partial charge in [-0.05, 0) is 44.3 Å². The molecular formula is C14H16FN3O3. The summed E-state index contributed by atoms with van der Waals surface area (Å²) >= 11 is 0. The van der Waals surface area contributed by atoms with Crippen LogP contribution in [0.2, 0.25) is 0 Å². The van der Waals surface area contributed by atoms with Gasteiger partial charge in [-0.2, -0.15) is 4.98 Å². The Bertz CT molecular complexity index is 598. The molecule has 2 aromatic rings. The van der Waals surface area contributed by atoms with Gasteiger partial charge in [0, 0.05) is 12.0 Å². The average molecular weight is 293 g/mol. The van der Waals surface area contributed by atoms with E-state index in [4.69, 9.17) is 9.63 Å². The van der Waals surface area contributed by atoms with Crippen molar-refractivity contribution >= 4 is 5.97 Å². The summed E-state index contributed by atoms with van der Waals surface area (Å²) in [4.78, 5) is 16.6. The zero-order chi connectivity index (χ0) is 15.2. The maximum atomic E-state index is 12.8. The van der Waals surface area contributed by atoms with Gasteiger partial charge in [0.25, 0.3) is 5.89 Å². The molecule has 0 radical (unpaired) electrons. The van der Waals surface area contributed by atoms with Crippen LogP contribution in [-0.4, -0.2) is 39.7 Å². The second-order valence-corrected chi connectivity index (χ2v) is 4.76. The van der Waals surface area contributed by atoms with Gasteiger partial charge in [-0.3, -0.25) is 9.69 Å². The highest BCUT2D eigenvalue weighted by atomic mass is 19.1. The van der Waals surface area contributed by atoms with Crippen LogP contribution in [0.5, 0.6) is 0 Å². The molecule has 21 heavy (non-hydrogen) atoms. The van der Waals surface area contributed by atoms with Gasteiger partial charge >= 0.3 is 5.97 Å². The van der Waals surface area contributed by atoms with Gasteiger partial charge in [0.1, 0.15) is 5.82 Å². The zero-order valence-electron chi connectivity index (χ0n) is 11.6. The molecule has 0 fully saturated rings. The zero-order valence-corrected chi connectivity index (χ0v) is 11.6. The fourth-order valence-electron chi connectivity index (χ4n) is 1.85. The van der Waals surface area contributed by atoms with E-state index in [2.05, 4.69) is 10.1 Å². The van der Waals surface area contributed by atoms with Crippen molar-refractivity contribution in [2.24, 2.45) is 0 Å². The molecule has 0 amide bonds. The van der Waals surface area contributed by atoms with Gasteiger partial charge in [0.05, 0.1) is 6.54 Å². The third-order valence-corrected chi connectivity index (χ3v) is 2.90. The molecule has 0 aliphatic heterocycles. The summed E-state index contributed by atoms with van der Waals surface area (Å²) in [5, 5.41) is 12.4. The van der Waals surface area contributed by atoms with Crippen molar-refractivity contribution < 1.29 is 18.8 Å². The smallest absolute Gasteiger partial charge is 0.303 e. The van der Waals surface area contributed by atoms with Gasteiger partial charge in [-0.15, -0.1) is 0 Å². The topological polar surface area (TPSA) is 79.5 Å². The molecular weight excluding hydrogens is 277 g/mol. The lowest BCUT2D eigenvalue weighted by molar-refractivity contribution is -0.137. The van der Waals surface area contributed by atoms with E-state index in [1.54, 1.807) is 12.1 Å². The number of rotatable bonds is 7. The lowest BCUT2D eigenvalue weighted by Gasteiger charge is -2.12. The minimum Gasteiger partial charge on any atom is -0.481 e. The predicted molar refractivity (Wildman–Crippen MR) is 72.9 cm³/mol. The summed E-state index contributed by atoms with van der Waals surface area (Å²) in [6.07, 6.45) is 0.700. The Labute approximate surface area is 121 Å². The molecule has 0 bridgehead atoms. The van der Waals surface area contributed by atoms with Crippen molar-refractivity contribution in [2.75, 3.05) is 13.6 Å². The first-order valence-corrected chi connectivity index (χ1v) is 6.53. The van der Waals surface area contributed by atoms with Crippen molar-refractivity contribution in [1.29, 1.82) is 0 Å². The number of hydrogen-bond acceptors (Lipinski definition) is 5. The fraction of sp³-hybridized carbons (Fsp3) is 0.357. The highest BCUT2D eigenvalue weighted by Gasteiger charge is 2.11. The molecule has 1 aromatic carbocycles. The number of halogens is 1. The lowest BCUT2D eigenvalue weighted by Crippen LogP contribution is -2.20. The van der Waals surface area contributed by atoms with E-state index < -0.39 is 5.97 Å². The molecule has 0 saturated heterocycles. The van der Waals surface area contributed by atoms with Crippen molar-refractivity contribution in [3.8, 4) is 11.5 Å². The van der Waals surface area contributed by atoms with Crippen LogP contribution in [0.4, 0.5) is 4.39 Å². The van der Waals surface area contributed by atoms with Gasteiger partial charge < -0.3 is 9.63 Å². The largest absolute Gasteiger partial charge is 0.481 e. The number of aromatic nitrogens is 2. The first-order chi connectivity index (χ1) is 10.0. The highest BCUT2D eigenvalue weighted by molar-refractivity contribution is 5.66. The third kappa shape index (κ3) is 4.64. The fourth-order valence-corrected chi connectivity index (χ4v) is 1.85. The Morgan fingerprint density at radius 3 is 2.76 bits per heavy atom. The van der Waals surface area contributed by atoms with Crippen LogP contribution in [0.1, 0.15) is 18.7 Å². The van der Waals surface area contributed by atoms with Gasteiger partial charge in [-0.1, -0.05) is 5.16 Å². The molecule has 0 unspecified atom stereocenters. The molecule has 1 N–H and O–H groups in total. The van der Waals surface area contributed by atoms with Crippen LogP contribution in [0.25, 0.3) is 11.5 Å². The van der Waals surface area contributed by atoms with Crippen molar-refractivity contribution in [3.63, 3.8) is 0 Å². The van der Waals surface area contributed by atoms with E-state index >= 15 is 0 Å². The molecule has 1 aromatic heterocycles. The standard InChI is InChI=1S/C14H16FN3O3/c1-18(8-2-3-13(19)20)9-12-16-14(21-17-12)10-4-6-11(15)7-5-10/h4-7H,2-3,8-9H2,1H3,(H,19,20). The van der Waals surface area contributed by atoms with Crippen LogP contribution in [0.3, 0.4) is 0 Å². The number of carboxylic acid groups (broad SMARTS) is 1. The van der Waals surface area contributed by atoms with Crippen LogP contribution in [-0.2, 0) is 11.3 Å². The number of carboxylic acids is 1. The van der Waals surface area contributed by atoms with E-state index in [0.717, 1.165) is 0 Å². The van der Waals surface area contributed by atoms with Crippen LogP contribution < -0.4 is 0 Å². The number of aliphatic carboxylic acids is 1. The summed E-state index contributed by atoms with van der Waals surface area (Å²) in [6.45, 7) is 1.09. The number of hydrogen-bond donors (Lipinski definition) is 1. The summed E-state index contributed by atoms with van der Waals surface area (Å²) in [5.41, 5.74) is 0.656. The molecule has 0 aliphatic carbocycles. The molecule has 6 nitrogen and oxygen atoms in total. The van der Waals surface area contributed by atoms with E-state index in [-0.39, 0.29) is 12.2 Å². The Hall–Kier alpha value is -2.28. The molecule has 0 saturated carbocycles. The van der Waals surface area contributed by atoms with Gasteiger partial charge in [0.15, 0.2) is 5.82 Å². The predicted octanol–water partition coefficient (Wildman–Crippen LogP) is 2.17. The maximum Gasteiger partial charge on any atom is 0.303 e. The summed E-state index contributed by atoms with van der Waals surface area (Å²) in [5.74, 6) is -0.283. The van der Waals surface area contributed by atoms with Crippen molar-refractivity contribution in [1.82, 2.24) is 15.0 Å². The van der Waals surface area contributed by atoms with Crippen LogP contribution >= 0.6 is 0 Å². The van der Waals surface area contributed by atoms with Crippen LogP contribution in [0.15, 0.2) is 28.8 Å². The van der Waals surface area contributed by atoms with E-state index in [1.165, 1.54) is 12.1 Å². The van der Waals surface area contributed by atoms with E-state index in [1.807, 2.05) is 11.9 Å². The van der Waals surface area contributed by atoms with E-state index in [0.29, 0.717) is 36.8 Å². The van der Waals surface area contributed by atoms with Crippen molar-refractivity contribution in [2.45, 2.75) is 19.4 Å². The summed E-state index contributed by atoms with van der Waals surface area (Å²) in [6, 6.07) is 5.81. The first-order valence-electron chi connectivity index (χ1n) is 6.53. The molecule has 0 aliphatic rings. The average Bonchev–Trinajstić information content (AvgIpc) is 2.87. The molecule has 0 spiro atoms. The lowest BCUT2D eigenvalue weighted by atomic mass is 10.2. The highest BCUT2D eigenvalue weighted by Crippen LogP contribution is 2.17. The normalized spacial score (nSPS) is 11.0. The number of benzene rings is 1. The number of nitrogens with zero attached hydrogens (tertiary/aromatic N) is 3. The maximum absolute atomic E-state index is 12.8. The van der Waals surface area contributed by atoms with Gasteiger partial charge in [-0.25, -0.2) is 4.39 Å². The molecule has 1 heterocycles. The Kier molecular flexibility index (Phi) is 4.99. The van der Waals surface area contributed by atoms with Crippen molar-refractivity contribution in [3.05, 3.63) is 35.9 Å². The summed E-state index contributed by atoms with van der Waals surface area (Å²) in [7, 11) is 1.86. The third-order valence-electron chi connectivity index (χ3n) is 2.90. The Morgan fingerprint density at radius 1 is 1.38 bits per heavy atom. The Morgan fingerprint density at radius 2 is 2.10 bits per heavy atom. The molecule has 0 atom stereocenters. The molecule has 112 valence electrons. The second kappa shape index (κ2) is 6.94. The van der Waals surface area contributed by atoms with Crippen LogP contribution in [0, 0.1) is 5.82 Å². The van der Waals surface area contributed by atoms with E-state index in [9.17, 15) is 9.18 Å². The minimum atomic E-state index is -0.804. The summed E-state index contributed by atoms with van der Waals surface area (Å²) < 4.78 is 18.0. The first kappa shape index (κ1) is 15.1. The quantitative estimate of drug-likeness (QED) is 0.842. The minimum absolute atomic E-state index is 0.136. The molecule has 7 heteroatoms. The number of carbonyl (C=O) groups is 1. The monoisotopic (exact) mass is 293 g/mol. The van der Waals surface area contributed by atoms with Gasteiger partial charge in [0.2, 0.25) is 0 Å². The second-order valence-electron chi connectivity index (χ2n) is 4.76. The Balaban J connectivity index is 1.90. The SMILES string of the molecule is CN(CCCC(=O)O)Cc1noc(-c2ccc(F)cc2)n1. The molecule has 2 rings (SSSR count).